The predicted molar refractivity (Wildman–Crippen MR) is 111 cm³/mol. The summed E-state index contributed by atoms with van der Waals surface area (Å²) in [6, 6.07) is 12.5. The average Bonchev–Trinajstić information content (AvgIpc) is 2.65. The molecule has 0 saturated carbocycles. The Labute approximate surface area is 161 Å². The van der Waals surface area contributed by atoms with Gasteiger partial charge >= 0.3 is 0 Å². The van der Waals surface area contributed by atoms with Gasteiger partial charge in [0.05, 0.1) is 13.2 Å². The molecule has 2 aromatic rings. The Morgan fingerprint density at radius 2 is 1.20 bits per heavy atom. The van der Waals surface area contributed by atoms with Gasteiger partial charge in [0.15, 0.2) is 0 Å². The molecule has 2 rings (SSSR count). The van der Waals surface area contributed by atoms with E-state index in [1.54, 1.807) is 0 Å². The van der Waals surface area contributed by atoms with Crippen LogP contribution in [0.4, 0.5) is 0 Å². The number of unbranched alkanes of at least 4 members (excludes halogenated alkanes) is 6. The summed E-state index contributed by atoms with van der Waals surface area (Å²) in [4.78, 5) is 0. The minimum Gasteiger partial charge on any atom is -0.493 e. The third kappa shape index (κ3) is 6.89. The molecule has 0 saturated heterocycles. The smallest absolute Gasteiger partial charge is 0.127 e. The van der Waals surface area contributed by atoms with Gasteiger partial charge in [0.25, 0.3) is 0 Å². The minimum absolute atomic E-state index is 0.781. The summed E-state index contributed by atoms with van der Waals surface area (Å²) >= 11 is 3.48. The molecule has 3 heteroatoms. The number of alkyl halides is 1. The number of benzene rings is 2. The second-order valence-electron chi connectivity index (χ2n) is 6.47. The lowest BCUT2D eigenvalue weighted by molar-refractivity contribution is 0.302. The van der Waals surface area contributed by atoms with E-state index in [0.717, 1.165) is 53.7 Å². The van der Waals surface area contributed by atoms with E-state index in [0.29, 0.717) is 0 Å². The zero-order valence-electron chi connectivity index (χ0n) is 15.4. The van der Waals surface area contributed by atoms with Crippen LogP contribution in [0, 0.1) is 0 Å². The number of ether oxygens (including phenoxy) is 2. The molecule has 0 fully saturated rings. The summed E-state index contributed by atoms with van der Waals surface area (Å²) in [5, 5.41) is 3.39. The molecule has 0 unspecified atom stereocenters. The zero-order valence-corrected chi connectivity index (χ0v) is 17.0. The summed E-state index contributed by atoms with van der Waals surface area (Å²) in [6.45, 7) is 3.80. The quantitative estimate of drug-likeness (QED) is 0.260. The van der Waals surface area contributed by atoms with Crippen LogP contribution < -0.4 is 9.47 Å². The first-order valence-electron chi connectivity index (χ1n) is 9.70. The van der Waals surface area contributed by atoms with Crippen molar-refractivity contribution in [1.82, 2.24) is 0 Å². The lowest BCUT2D eigenvalue weighted by atomic mass is 10.1. The van der Waals surface area contributed by atoms with E-state index in [1.165, 1.54) is 38.5 Å². The highest BCUT2D eigenvalue weighted by Gasteiger charge is 2.07. The molecule has 0 heterocycles. The summed E-state index contributed by atoms with van der Waals surface area (Å²) in [7, 11) is 0. The van der Waals surface area contributed by atoms with Crippen LogP contribution in [0.2, 0.25) is 0 Å². The van der Waals surface area contributed by atoms with Crippen molar-refractivity contribution in [2.75, 3.05) is 18.5 Å². The van der Waals surface area contributed by atoms with E-state index in [4.69, 9.17) is 9.47 Å². The molecule has 0 atom stereocenters. The van der Waals surface area contributed by atoms with Crippen molar-refractivity contribution in [1.29, 1.82) is 0 Å². The lowest BCUT2D eigenvalue weighted by Crippen LogP contribution is -2.00. The standard InChI is InChI=1S/C22H31BrO2/c1-2-3-4-10-17-24-21-14-15-22(20-13-8-7-12-19(20)21)25-18-11-6-5-9-16-23/h7-8,12-15H,2-6,9-11,16-18H2,1H3. The first-order chi connectivity index (χ1) is 12.4. The Kier molecular flexibility index (Phi) is 9.79. The molecule has 2 nitrogen and oxygen atoms in total. The number of hydrogen-bond donors (Lipinski definition) is 0. The third-order valence-electron chi connectivity index (χ3n) is 4.39. The van der Waals surface area contributed by atoms with Crippen LogP contribution in [-0.2, 0) is 0 Å². The van der Waals surface area contributed by atoms with Crippen LogP contribution >= 0.6 is 15.9 Å². The monoisotopic (exact) mass is 406 g/mol. The number of rotatable bonds is 13. The van der Waals surface area contributed by atoms with Crippen molar-refractivity contribution in [3.63, 3.8) is 0 Å². The Morgan fingerprint density at radius 1 is 0.680 bits per heavy atom. The van der Waals surface area contributed by atoms with E-state index >= 15 is 0 Å². The Hall–Kier alpha value is -1.22. The minimum atomic E-state index is 0.781. The highest BCUT2D eigenvalue weighted by Crippen LogP contribution is 2.33. The molecule has 0 aliphatic carbocycles. The molecule has 2 aromatic carbocycles. The molecule has 0 aliphatic rings. The Balaban J connectivity index is 1.92. The van der Waals surface area contributed by atoms with Crippen molar-refractivity contribution < 1.29 is 9.47 Å². The Morgan fingerprint density at radius 3 is 1.72 bits per heavy atom. The van der Waals surface area contributed by atoms with Crippen LogP contribution in [0.3, 0.4) is 0 Å². The average molecular weight is 407 g/mol. The molecular formula is C22H31BrO2. The van der Waals surface area contributed by atoms with Crippen LogP contribution in [0.25, 0.3) is 10.8 Å². The maximum Gasteiger partial charge on any atom is 0.127 e. The van der Waals surface area contributed by atoms with Gasteiger partial charge in [-0.15, -0.1) is 0 Å². The van der Waals surface area contributed by atoms with E-state index in [9.17, 15) is 0 Å². The van der Waals surface area contributed by atoms with Gasteiger partial charge in [-0.1, -0.05) is 79.2 Å². The summed E-state index contributed by atoms with van der Waals surface area (Å²) in [5.41, 5.74) is 0. The van der Waals surface area contributed by atoms with Gasteiger partial charge in [-0.05, 0) is 31.4 Å². The SMILES string of the molecule is CCCCCCOc1ccc(OCCCCCCBr)c2ccccc12. The molecular weight excluding hydrogens is 376 g/mol. The summed E-state index contributed by atoms with van der Waals surface area (Å²) < 4.78 is 12.1. The second-order valence-corrected chi connectivity index (χ2v) is 7.26. The highest BCUT2D eigenvalue weighted by atomic mass is 79.9. The van der Waals surface area contributed by atoms with Crippen molar-refractivity contribution in [2.45, 2.75) is 58.3 Å². The molecule has 0 bridgehead atoms. The van der Waals surface area contributed by atoms with E-state index in [2.05, 4.69) is 59.3 Å². The summed E-state index contributed by atoms with van der Waals surface area (Å²) in [5.74, 6) is 1.94. The normalized spacial score (nSPS) is 11.0. The zero-order chi connectivity index (χ0) is 17.7. The van der Waals surface area contributed by atoms with Crippen LogP contribution in [0.15, 0.2) is 36.4 Å². The topological polar surface area (TPSA) is 18.5 Å². The predicted octanol–water partition coefficient (Wildman–Crippen LogP) is 7.13. The molecule has 25 heavy (non-hydrogen) atoms. The van der Waals surface area contributed by atoms with Crippen molar-refractivity contribution in [3.8, 4) is 11.5 Å². The van der Waals surface area contributed by atoms with E-state index in [-0.39, 0.29) is 0 Å². The Bertz CT molecular complexity index is 612. The second kappa shape index (κ2) is 12.2. The fourth-order valence-electron chi connectivity index (χ4n) is 2.94. The number of halogens is 1. The van der Waals surface area contributed by atoms with Crippen molar-refractivity contribution >= 4 is 26.7 Å². The number of hydrogen-bond acceptors (Lipinski definition) is 2. The lowest BCUT2D eigenvalue weighted by Gasteiger charge is -2.13. The molecule has 0 radical (unpaired) electrons. The molecule has 138 valence electrons. The first kappa shape index (κ1) is 20.1. The van der Waals surface area contributed by atoms with Gasteiger partial charge in [-0.2, -0.15) is 0 Å². The fraction of sp³-hybridized carbons (Fsp3) is 0.545. The van der Waals surface area contributed by atoms with Gasteiger partial charge in [0.1, 0.15) is 11.5 Å². The van der Waals surface area contributed by atoms with Crippen LogP contribution in [0.5, 0.6) is 11.5 Å². The molecule has 0 N–H and O–H groups in total. The van der Waals surface area contributed by atoms with Crippen molar-refractivity contribution in [2.24, 2.45) is 0 Å². The molecule has 0 aliphatic heterocycles. The largest absolute Gasteiger partial charge is 0.493 e. The van der Waals surface area contributed by atoms with Crippen LogP contribution in [-0.4, -0.2) is 18.5 Å². The molecule has 0 amide bonds. The molecule has 0 aromatic heterocycles. The fourth-order valence-corrected chi connectivity index (χ4v) is 3.34. The van der Waals surface area contributed by atoms with E-state index < -0.39 is 0 Å². The van der Waals surface area contributed by atoms with Gasteiger partial charge < -0.3 is 9.47 Å². The number of fused-ring (bicyclic) bond motifs is 1. The van der Waals surface area contributed by atoms with Gasteiger partial charge in [-0.25, -0.2) is 0 Å². The van der Waals surface area contributed by atoms with Crippen molar-refractivity contribution in [3.05, 3.63) is 36.4 Å². The maximum absolute atomic E-state index is 6.04. The van der Waals surface area contributed by atoms with Gasteiger partial charge in [-0.3, -0.25) is 0 Å². The first-order valence-corrected chi connectivity index (χ1v) is 10.8. The van der Waals surface area contributed by atoms with E-state index in [1.807, 2.05) is 0 Å². The molecule has 0 spiro atoms. The summed E-state index contributed by atoms with van der Waals surface area (Å²) in [6.07, 6.45) is 9.74. The third-order valence-corrected chi connectivity index (χ3v) is 4.95. The van der Waals surface area contributed by atoms with Crippen LogP contribution in [0.1, 0.15) is 58.3 Å². The maximum atomic E-state index is 6.04. The highest BCUT2D eigenvalue weighted by molar-refractivity contribution is 9.09. The van der Waals surface area contributed by atoms with Gasteiger partial charge in [0.2, 0.25) is 0 Å². The van der Waals surface area contributed by atoms with Gasteiger partial charge in [0, 0.05) is 16.1 Å².